The highest BCUT2D eigenvalue weighted by Gasteiger charge is 2.23. The van der Waals surface area contributed by atoms with Crippen LogP contribution in [0.5, 0.6) is 5.88 Å². The molecule has 1 aliphatic rings. The summed E-state index contributed by atoms with van der Waals surface area (Å²) in [4.78, 5) is 22.9. The summed E-state index contributed by atoms with van der Waals surface area (Å²) in [6.07, 6.45) is 1.44. The zero-order valence-electron chi connectivity index (χ0n) is 12.9. The lowest BCUT2D eigenvalue weighted by Crippen LogP contribution is -2.48. The molecule has 2 rings (SSSR count). The van der Waals surface area contributed by atoms with E-state index in [0.717, 1.165) is 12.4 Å². The summed E-state index contributed by atoms with van der Waals surface area (Å²) in [5.74, 6) is 0.512. The maximum absolute atomic E-state index is 10.7. The van der Waals surface area contributed by atoms with E-state index in [2.05, 4.69) is 14.9 Å². The van der Waals surface area contributed by atoms with Gasteiger partial charge < -0.3 is 19.5 Å². The average molecular weight is 310 g/mol. The van der Waals surface area contributed by atoms with Crippen molar-refractivity contribution < 1.29 is 19.4 Å². The van der Waals surface area contributed by atoms with E-state index in [-0.39, 0.29) is 12.6 Å². The van der Waals surface area contributed by atoms with Crippen LogP contribution in [0, 0.1) is 0 Å². The van der Waals surface area contributed by atoms with Crippen LogP contribution in [0.1, 0.15) is 6.92 Å². The van der Waals surface area contributed by atoms with Crippen LogP contribution in [-0.2, 0) is 9.53 Å². The van der Waals surface area contributed by atoms with Crippen LogP contribution in [0.25, 0.3) is 0 Å². The van der Waals surface area contributed by atoms with E-state index in [1.165, 1.54) is 6.33 Å². The first-order chi connectivity index (χ1) is 10.6. The van der Waals surface area contributed by atoms with Gasteiger partial charge in [0.25, 0.3) is 0 Å². The summed E-state index contributed by atoms with van der Waals surface area (Å²) in [5, 5.41) is 8.80. The Balaban J connectivity index is 1.95. The summed E-state index contributed by atoms with van der Waals surface area (Å²) < 4.78 is 11.1. The molecule has 1 aliphatic heterocycles. The molecule has 1 aromatic rings. The molecule has 0 aliphatic carbocycles. The van der Waals surface area contributed by atoms with Gasteiger partial charge in [-0.1, -0.05) is 0 Å². The van der Waals surface area contributed by atoms with Crippen molar-refractivity contribution in [3.05, 3.63) is 12.4 Å². The molecule has 0 bridgehead atoms. The van der Waals surface area contributed by atoms with Crippen molar-refractivity contribution in [2.45, 2.75) is 13.0 Å². The number of carbonyl (C=O) groups is 1. The van der Waals surface area contributed by atoms with Gasteiger partial charge in [0.05, 0.1) is 25.9 Å². The largest absolute Gasteiger partial charge is 0.480 e. The Hall–Kier alpha value is -1.93. The van der Waals surface area contributed by atoms with E-state index >= 15 is 0 Å². The van der Waals surface area contributed by atoms with E-state index in [4.69, 9.17) is 14.6 Å². The normalized spacial score (nSPS) is 18.5. The van der Waals surface area contributed by atoms with Crippen LogP contribution in [0.2, 0.25) is 0 Å². The second kappa shape index (κ2) is 7.90. The fourth-order valence-corrected chi connectivity index (χ4v) is 2.41. The number of nitrogens with zero attached hydrogens (tertiary/aromatic N) is 4. The lowest BCUT2D eigenvalue weighted by molar-refractivity contribution is -0.138. The number of hydrogen-bond acceptors (Lipinski definition) is 7. The van der Waals surface area contributed by atoms with Crippen molar-refractivity contribution in [1.82, 2.24) is 14.9 Å². The molecule has 1 fully saturated rings. The molecular formula is C14H22N4O4. The molecule has 8 nitrogen and oxygen atoms in total. The Bertz CT molecular complexity index is 499. The van der Waals surface area contributed by atoms with Crippen LogP contribution in [-0.4, -0.2) is 78.5 Å². The molecule has 122 valence electrons. The first kappa shape index (κ1) is 16.4. The number of likely N-dealkylation sites (N-methyl/N-ethyl adjacent to an activating group) is 1. The Kier molecular flexibility index (Phi) is 5.91. The van der Waals surface area contributed by atoms with E-state index < -0.39 is 5.97 Å². The van der Waals surface area contributed by atoms with Crippen LogP contribution in [0.4, 0.5) is 5.82 Å². The Morgan fingerprint density at radius 3 is 3.14 bits per heavy atom. The minimum Gasteiger partial charge on any atom is -0.480 e. The number of hydrogen-bond donors (Lipinski definition) is 1. The van der Waals surface area contributed by atoms with Crippen molar-refractivity contribution in [3.8, 4) is 5.88 Å². The quantitative estimate of drug-likeness (QED) is 0.758. The third kappa shape index (κ3) is 4.81. The van der Waals surface area contributed by atoms with Crippen molar-refractivity contribution in [1.29, 1.82) is 0 Å². The smallest absolute Gasteiger partial charge is 0.317 e. The molecular weight excluding hydrogens is 288 g/mol. The molecule has 8 heteroatoms. The number of anilines is 1. The summed E-state index contributed by atoms with van der Waals surface area (Å²) >= 11 is 0. The number of morpholine rings is 1. The number of aliphatic carboxylic acids is 1. The fourth-order valence-electron chi connectivity index (χ4n) is 2.41. The zero-order valence-corrected chi connectivity index (χ0v) is 12.9. The van der Waals surface area contributed by atoms with Gasteiger partial charge in [-0.15, -0.1) is 0 Å². The number of carboxylic acids is 1. The van der Waals surface area contributed by atoms with Gasteiger partial charge in [-0.3, -0.25) is 9.69 Å². The summed E-state index contributed by atoms with van der Waals surface area (Å²) in [7, 11) is 1.77. The maximum atomic E-state index is 10.7. The number of carboxylic acid groups (broad SMARTS) is 1. The summed E-state index contributed by atoms with van der Waals surface area (Å²) in [6.45, 7) is 5.01. The monoisotopic (exact) mass is 310 g/mol. The number of ether oxygens (including phenoxy) is 2. The predicted octanol–water partition coefficient (Wildman–Crippen LogP) is 0.0969. The van der Waals surface area contributed by atoms with E-state index in [1.807, 2.05) is 13.0 Å². The van der Waals surface area contributed by atoms with Crippen molar-refractivity contribution >= 4 is 11.8 Å². The highest BCUT2D eigenvalue weighted by atomic mass is 16.5. The van der Waals surface area contributed by atoms with Gasteiger partial charge >= 0.3 is 5.97 Å². The van der Waals surface area contributed by atoms with Crippen molar-refractivity contribution in [2.24, 2.45) is 0 Å². The van der Waals surface area contributed by atoms with Gasteiger partial charge in [0.2, 0.25) is 5.88 Å². The van der Waals surface area contributed by atoms with Gasteiger partial charge in [-0.25, -0.2) is 9.97 Å². The highest BCUT2D eigenvalue weighted by Crippen LogP contribution is 2.18. The summed E-state index contributed by atoms with van der Waals surface area (Å²) in [5.41, 5.74) is 0. The average Bonchev–Trinajstić information content (AvgIpc) is 2.47. The second-order valence-corrected chi connectivity index (χ2v) is 5.18. The Morgan fingerprint density at radius 2 is 2.41 bits per heavy atom. The van der Waals surface area contributed by atoms with Gasteiger partial charge in [0.15, 0.2) is 0 Å². The molecule has 1 unspecified atom stereocenters. The highest BCUT2D eigenvalue weighted by molar-refractivity contribution is 5.69. The molecule has 1 N–H and O–H groups in total. The van der Waals surface area contributed by atoms with Crippen LogP contribution in [0.3, 0.4) is 0 Å². The number of rotatable bonds is 7. The molecule has 22 heavy (non-hydrogen) atoms. The van der Waals surface area contributed by atoms with Crippen molar-refractivity contribution in [3.63, 3.8) is 0 Å². The third-order valence-electron chi connectivity index (χ3n) is 3.30. The topological polar surface area (TPSA) is 88.0 Å². The van der Waals surface area contributed by atoms with E-state index in [1.54, 1.807) is 11.9 Å². The molecule has 1 atom stereocenters. The third-order valence-corrected chi connectivity index (χ3v) is 3.30. The molecule has 0 spiro atoms. The van der Waals surface area contributed by atoms with E-state index in [9.17, 15) is 4.79 Å². The standard InChI is InChI=1S/C14H22N4O4/c1-3-21-13-6-12(15-10-16-13)18-4-5-22-11(8-18)7-17(2)9-14(19)20/h6,10-11H,3-5,7-9H2,1-2H3,(H,19,20). The lowest BCUT2D eigenvalue weighted by atomic mass is 10.2. The molecule has 0 aromatic carbocycles. The lowest BCUT2D eigenvalue weighted by Gasteiger charge is -2.35. The zero-order chi connectivity index (χ0) is 15.9. The van der Waals surface area contributed by atoms with Gasteiger partial charge in [-0.05, 0) is 14.0 Å². The molecule has 0 saturated carbocycles. The van der Waals surface area contributed by atoms with E-state index in [0.29, 0.717) is 32.2 Å². The first-order valence-electron chi connectivity index (χ1n) is 7.30. The molecule has 1 aromatic heterocycles. The molecule has 2 heterocycles. The van der Waals surface area contributed by atoms with Crippen LogP contribution in [0.15, 0.2) is 12.4 Å². The molecule has 0 amide bonds. The summed E-state index contributed by atoms with van der Waals surface area (Å²) in [6, 6.07) is 1.81. The first-order valence-corrected chi connectivity index (χ1v) is 7.30. The second-order valence-electron chi connectivity index (χ2n) is 5.18. The van der Waals surface area contributed by atoms with Crippen LogP contribution >= 0.6 is 0 Å². The molecule has 0 radical (unpaired) electrons. The fraction of sp³-hybridized carbons (Fsp3) is 0.643. The van der Waals surface area contributed by atoms with Gasteiger partial charge in [0, 0.05) is 25.7 Å². The SMILES string of the molecule is CCOc1cc(N2CCOC(CN(C)CC(=O)O)C2)ncn1. The van der Waals surface area contributed by atoms with Crippen LogP contribution < -0.4 is 9.64 Å². The minimum absolute atomic E-state index is 0.00184. The van der Waals surface area contributed by atoms with Gasteiger partial charge in [0.1, 0.15) is 12.1 Å². The molecule has 1 saturated heterocycles. The Morgan fingerprint density at radius 1 is 1.59 bits per heavy atom. The number of aromatic nitrogens is 2. The maximum Gasteiger partial charge on any atom is 0.317 e. The van der Waals surface area contributed by atoms with Gasteiger partial charge in [-0.2, -0.15) is 0 Å². The van der Waals surface area contributed by atoms with Crippen molar-refractivity contribution in [2.75, 3.05) is 51.3 Å². The minimum atomic E-state index is -0.840. The predicted molar refractivity (Wildman–Crippen MR) is 80.3 cm³/mol. The Labute approximate surface area is 129 Å².